The van der Waals surface area contributed by atoms with Crippen LogP contribution in [0.5, 0.6) is 0 Å². The smallest absolute Gasteiger partial charge is 0.241 e. The van der Waals surface area contributed by atoms with E-state index in [4.69, 9.17) is 0 Å². The Bertz CT molecular complexity index is 948. The van der Waals surface area contributed by atoms with Gasteiger partial charge in [-0.05, 0) is 57.1 Å². The van der Waals surface area contributed by atoms with Crippen LogP contribution >= 0.6 is 0 Å². The number of benzene rings is 1. The Morgan fingerprint density at radius 2 is 1.89 bits per heavy atom. The second-order valence-electron chi connectivity index (χ2n) is 6.94. The first-order chi connectivity index (χ1) is 13.1. The highest BCUT2D eigenvalue weighted by Crippen LogP contribution is 2.28. The van der Waals surface area contributed by atoms with Crippen molar-refractivity contribution in [2.24, 2.45) is 0 Å². The minimum atomic E-state index is -0.421. The first-order valence-corrected chi connectivity index (χ1v) is 9.22. The lowest BCUT2D eigenvalue weighted by Crippen LogP contribution is -2.46. The fourth-order valence-electron chi connectivity index (χ4n) is 3.65. The number of rotatable bonds is 4. The van der Waals surface area contributed by atoms with Crippen LogP contribution in [-0.2, 0) is 4.79 Å². The third-order valence-corrected chi connectivity index (χ3v) is 5.29. The molecule has 1 aromatic carbocycles. The van der Waals surface area contributed by atoms with Crippen molar-refractivity contribution < 1.29 is 9.18 Å². The molecule has 2 aromatic heterocycles. The topological polar surface area (TPSA) is 62.5 Å². The van der Waals surface area contributed by atoms with Crippen LogP contribution in [0, 0.1) is 5.82 Å². The molecule has 0 radical (unpaired) electrons. The highest BCUT2D eigenvalue weighted by atomic mass is 19.1. The molecule has 6 nitrogen and oxygen atoms in total. The number of nitrogens with one attached hydrogen (secondary N) is 1. The van der Waals surface area contributed by atoms with Gasteiger partial charge in [-0.15, -0.1) is 10.2 Å². The Balaban J connectivity index is 1.38. The van der Waals surface area contributed by atoms with E-state index in [0.717, 1.165) is 37.4 Å². The maximum Gasteiger partial charge on any atom is 0.241 e. The molecule has 0 saturated carbocycles. The summed E-state index contributed by atoms with van der Waals surface area (Å²) >= 11 is 0. The van der Waals surface area contributed by atoms with Crippen LogP contribution < -0.4 is 5.32 Å². The molecule has 1 aliphatic heterocycles. The summed E-state index contributed by atoms with van der Waals surface area (Å²) in [5.41, 5.74) is 1.08. The molecular formula is C20H22FN5O. The molecule has 0 bridgehead atoms. The minimum absolute atomic E-state index is 0.188. The summed E-state index contributed by atoms with van der Waals surface area (Å²) < 4.78 is 15.8. The van der Waals surface area contributed by atoms with Crippen molar-refractivity contribution in [1.82, 2.24) is 19.5 Å². The zero-order valence-electron chi connectivity index (χ0n) is 15.2. The lowest BCUT2D eigenvalue weighted by atomic mass is 9.95. The van der Waals surface area contributed by atoms with Crippen LogP contribution in [0.2, 0.25) is 0 Å². The maximum absolute atomic E-state index is 13.7. The van der Waals surface area contributed by atoms with Gasteiger partial charge >= 0.3 is 0 Å². The summed E-state index contributed by atoms with van der Waals surface area (Å²) in [6.45, 7) is 3.44. The van der Waals surface area contributed by atoms with Crippen LogP contribution in [0.25, 0.3) is 5.65 Å². The van der Waals surface area contributed by atoms with Crippen LogP contribution in [0.4, 0.5) is 10.1 Å². The number of pyridine rings is 1. The third kappa shape index (κ3) is 3.55. The van der Waals surface area contributed by atoms with Gasteiger partial charge in [0.2, 0.25) is 5.91 Å². The second-order valence-corrected chi connectivity index (χ2v) is 6.94. The van der Waals surface area contributed by atoms with E-state index >= 15 is 0 Å². The van der Waals surface area contributed by atoms with Crippen LogP contribution in [-0.4, -0.2) is 44.5 Å². The summed E-state index contributed by atoms with van der Waals surface area (Å²) in [6, 6.07) is 11.8. The molecule has 1 N–H and O–H groups in total. The number of halogens is 1. The molecule has 0 spiro atoms. The molecule has 140 valence electrons. The monoisotopic (exact) mass is 367 g/mol. The second kappa shape index (κ2) is 7.44. The van der Waals surface area contributed by atoms with Crippen LogP contribution in [0.15, 0.2) is 48.7 Å². The van der Waals surface area contributed by atoms with E-state index in [1.807, 2.05) is 35.7 Å². The number of para-hydroxylation sites is 1. The molecule has 3 heterocycles. The molecule has 1 aliphatic rings. The lowest BCUT2D eigenvalue weighted by molar-refractivity contribution is -0.121. The van der Waals surface area contributed by atoms with E-state index in [9.17, 15) is 9.18 Å². The van der Waals surface area contributed by atoms with Gasteiger partial charge in [0.25, 0.3) is 0 Å². The molecular weight excluding hydrogens is 345 g/mol. The molecule has 1 saturated heterocycles. The Morgan fingerprint density at radius 3 is 2.67 bits per heavy atom. The zero-order valence-corrected chi connectivity index (χ0v) is 15.2. The number of nitrogens with zero attached hydrogens (tertiary/aromatic N) is 4. The SMILES string of the molecule is CC(C(=O)Nc1ccccc1F)N1CCC(c2nnc3ccccn23)CC1. The summed E-state index contributed by atoms with van der Waals surface area (Å²) in [6.07, 6.45) is 3.81. The molecule has 1 unspecified atom stereocenters. The third-order valence-electron chi connectivity index (χ3n) is 5.29. The molecule has 1 fully saturated rings. The minimum Gasteiger partial charge on any atom is -0.322 e. The Hall–Kier alpha value is -2.80. The summed E-state index contributed by atoms with van der Waals surface area (Å²) in [5, 5.41) is 11.3. The van der Waals surface area contributed by atoms with Gasteiger partial charge in [0.15, 0.2) is 5.65 Å². The van der Waals surface area contributed by atoms with E-state index in [1.165, 1.54) is 6.07 Å². The van der Waals surface area contributed by atoms with Gasteiger partial charge in [-0.1, -0.05) is 18.2 Å². The first kappa shape index (κ1) is 17.6. The van der Waals surface area contributed by atoms with E-state index in [1.54, 1.807) is 18.2 Å². The normalized spacial score (nSPS) is 17.1. The average molecular weight is 367 g/mol. The number of likely N-dealkylation sites (tertiary alicyclic amines) is 1. The fourth-order valence-corrected chi connectivity index (χ4v) is 3.65. The number of fused-ring (bicyclic) bond motifs is 1. The van der Waals surface area contributed by atoms with Crippen molar-refractivity contribution in [3.63, 3.8) is 0 Å². The Kier molecular flexibility index (Phi) is 4.85. The number of piperidine rings is 1. The van der Waals surface area contributed by atoms with Gasteiger partial charge in [0, 0.05) is 12.1 Å². The van der Waals surface area contributed by atoms with Crippen LogP contribution in [0.1, 0.15) is 31.5 Å². The van der Waals surface area contributed by atoms with Crippen molar-refractivity contribution in [2.45, 2.75) is 31.7 Å². The van der Waals surface area contributed by atoms with Crippen molar-refractivity contribution in [2.75, 3.05) is 18.4 Å². The van der Waals surface area contributed by atoms with E-state index in [-0.39, 0.29) is 17.6 Å². The van der Waals surface area contributed by atoms with Gasteiger partial charge in [-0.3, -0.25) is 14.1 Å². The number of carbonyl (C=O) groups excluding carboxylic acids is 1. The molecule has 7 heteroatoms. The number of hydrogen-bond donors (Lipinski definition) is 1. The van der Waals surface area contributed by atoms with Crippen molar-refractivity contribution in [3.8, 4) is 0 Å². The molecule has 27 heavy (non-hydrogen) atoms. The van der Waals surface area contributed by atoms with Crippen molar-refractivity contribution >= 4 is 17.2 Å². The lowest BCUT2D eigenvalue weighted by Gasteiger charge is -2.34. The van der Waals surface area contributed by atoms with Crippen molar-refractivity contribution in [3.05, 3.63) is 60.3 Å². The highest BCUT2D eigenvalue weighted by Gasteiger charge is 2.29. The van der Waals surface area contributed by atoms with Gasteiger partial charge < -0.3 is 5.32 Å². The number of amides is 1. The number of hydrogen-bond acceptors (Lipinski definition) is 4. The quantitative estimate of drug-likeness (QED) is 0.770. The summed E-state index contributed by atoms with van der Waals surface area (Å²) in [4.78, 5) is 14.6. The predicted octanol–water partition coefficient (Wildman–Crippen LogP) is 3.08. The van der Waals surface area contributed by atoms with Gasteiger partial charge in [0.1, 0.15) is 11.6 Å². The fraction of sp³-hybridized carbons (Fsp3) is 0.350. The first-order valence-electron chi connectivity index (χ1n) is 9.22. The Labute approximate surface area is 157 Å². The van der Waals surface area contributed by atoms with Gasteiger partial charge in [0.05, 0.1) is 11.7 Å². The van der Waals surface area contributed by atoms with Crippen molar-refractivity contribution in [1.29, 1.82) is 0 Å². The predicted molar refractivity (Wildman–Crippen MR) is 101 cm³/mol. The van der Waals surface area contributed by atoms with E-state index in [0.29, 0.717) is 5.92 Å². The molecule has 1 atom stereocenters. The standard InChI is InChI=1S/C20H22FN5O/c1-14(20(27)22-17-7-3-2-6-16(17)21)25-12-9-15(10-13-25)19-24-23-18-8-4-5-11-26(18)19/h2-8,11,14-15H,9-10,12-13H2,1H3,(H,22,27). The molecule has 4 rings (SSSR count). The van der Waals surface area contributed by atoms with Gasteiger partial charge in [-0.2, -0.15) is 0 Å². The Morgan fingerprint density at radius 1 is 1.15 bits per heavy atom. The summed E-state index contributed by atoms with van der Waals surface area (Å²) in [7, 11) is 0. The molecule has 0 aliphatic carbocycles. The molecule has 3 aromatic rings. The zero-order chi connectivity index (χ0) is 18.8. The average Bonchev–Trinajstić information content (AvgIpc) is 3.13. The largest absolute Gasteiger partial charge is 0.322 e. The van der Waals surface area contributed by atoms with Gasteiger partial charge in [-0.25, -0.2) is 4.39 Å². The summed E-state index contributed by atoms with van der Waals surface area (Å²) in [5.74, 6) is 0.691. The highest BCUT2D eigenvalue weighted by molar-refractivity contribution is 5.94. The number of anilines is 1. The van der Waals surface area contributed by atoms with Crippen LogP contribution in [0.3, 0.4) is 0 Å². The molecule has 1 amide bonds. The number of aromatic nitrogens is 3. The van der Waals surface area contributed by atoms with E-state index in [2.05, 4.69) is 20.4 Å². The maximum atomic E-state index is 13.7. The van der Waals surface area contributed by atoms with E-state index < -0.39 is 5.82 Å². The number of carbonyl (C=O) groups is 1.